The quantitative estimate of drug-likeness (QED) is 0.335. The predicted octanol–water partition coefficient (Wildman–Crippen LogP) is 7.30. The van der Waals surface area contributed by atoms with Crippen molar-refractivity contribution >= 4 is 0 Å². The molecule has 1 nitrogen and oxygen atoms in total. The van der Waals surface area contributed by atoms with Crippen molar-refractivity contribution in [2.45, 2.75) is 45.4 Å². The van der Waals surface area contributed by atoms with Crippen LogP contribution in [0.1, 0.15) is 42.9 Å². The summed E-state index contributed by atoms with van der Waals surface area (Å²) in [6.45, 7) is 2.15. The van der Waals surface area contributed by atoms with Gasteiger partial charge < -0.3 is 4.74 Å². The Labute approximate surface area is 176 Å². The van der Waals surface area contributed by atoms with Crippen LogP contribution in [0.3, 0.4) is 0 Å². The molecule has 0 unspecified atom stereocenters. The van der Waals surface area contributed by atoms with Crippen LogP contribution in [0, 0.1) is 17.5 Å². The average molecular weight is 412 g/mol. The first-order valence-electron chi connectivity index (χ1n) is 10.4. The normalized spacial score (nSPS) is 11.0. The van der Waals surface area contributed by atoms with Crippen LogP contribution >= 0.6 is 0 Å². The fourth-order valence-corrected chi connectivity index (χ4v) is 3.57. The molecule has 0 fully saturated rings. The minimum atomic E-state index is -0.993. The summed E-state index contributed by atoms with van der Waals surface area (Å²) in [5.41, 5.74) is 3.52. The number of hydrogen-bond acceptors (Lipinski definition) is 1. The topological polar surface area (TPSA) is 9.23 Å². The Hall–Kier alpha value is -2.75. The monoisotopic (exact) mass is 412 g/mol. The van der Waals surface area contributed by atoms with E-state index in [2.05, 4.69) is 6.92 Å². The van der Waals surface area contributed by atoms with E-state index in [9.17, 15) is 13.2 Å². The Morgan fingerprint density at radius 2 is 1.47 bits per heavy atom. The lowest BCUT2D eigenvalue weighted by molar-refractivity contribution is 0.372. The van der Waals surface area contributed by atoms with Gasteiger partial charge in [-0.15, -0.1) is 0 Å². The maximum absolute atomic E-state index is 14.4. The molecule has 30 heavy (non-hydrogen) atoms. The molecule has 0 aromatic heterocycles. The molecule has 0 aliphatic heterocycles. The van der Waals surface area contributed by atoms with Gasteiger partial charge in [0, 0.05) is 5.56 Å². The summed E-state index contributed by atoms with van der Waals surface area (Å²) in [6.07, 6.45) is 5.57. The first-order valence-corrected chi connectivity index (χ1v) is 10.4. The zero-order valence-electron chi connectivity index (χ0n) is 17.5. The Morgan fingerprint density at radius 3 is 2.13 bits per heavy atom. The summed E-state index contributed by atoms with van der Waals surface area (Å²) < 4.78 is 47.4. The molecule has 0 N–H and O–H groups in total. The first kappa shape index (κ1) is 21.9. The van der Waals surface area contributed by atoms with Crippen molar-refractivity contribution < 1.29 is 17.9 Å². The van der Waals surface area contributed by atoms with Gasteiger partial charge >= 0.3 is 0 Å². The molecule has 3 aromatic rings. The molecular weight excluding hydrogens is 385 g/mol. The van der Waals surface area contributed by atoms with Crippen LogP contribution in [0.25, 0.3) is 11.1 Å². The number of methoxy groups -OCH3 is 1. The number of benzene rings is 3. The summed E-state index contributed by atoms with van der Waals surface area (Å²) in [5.74, 6) is -2.20. The van der Waals surface area contributed by atoms with Crippen LogP contribution in [-0.2, 0) is 19.3 Å². The summed E-state index contributed by atoms with van der Waals surface area (Å²) in [4.78, 5) is 0. The van der Waals surface area contributed by atoms with E-state index in [-0.39, 0.29) is 17.1 Å². The molecule has 0 aliphatic carbocycles. The molecule has 0 saturated heterocycles. The van der Waals surface area contributed by atoms with Gasteiger partial charge in [-0.3, -0.25) is 0 Å². The standard InChI is InChI=1S/C26H27F3O/c1-3-4-5-6-19-10-14-21(23(27)17-19)13-9-18-7-11-20(12-8-18)22-15-16-24(30-2)26(29)25(22)28/h7-8,10-12,14-17H,3-6,9,13H2,1-2H3. The fraction of sp³-hybridized carbons (Fsp3) is 0.308. The van der Waals surface area contributed by atoms with E-state index in [4.69, 9.17) is 4.74 Å². The highest BCUT2D eigenvalue weighted by molar-refractivity contribution is 5.65. The van der Waals surface area contributed by atoms with E-state index in [0.29, 0.717) is 24.0 Å². The molecule has 158 valence electrons. The van der Waals surface area contributed by atoms with Gasteiger partial charge in [-0.2, -0.15) is 4.39 Å². The van der Waals surface area contributed by atoms with Crippen molar-refractivity contribution in [3.63, 3.8) is 0 Å². The van der Waals surface area contributed by atoms with E-state index in [1.54, 1.807) is 18.2 Å². The minimum Gasteiger partial charge on any atom is -0.494 e. The lowest BCUT2D eigenvalue weighted by Crippen LogP contribution is -1.97. The third-order valence-corrected chi connectivity index (χ3v) is 5.40. The molecule has 0 spiro atoms. The molecular formula is C26H27F3O. The van der Waals surface area contributed by atoms with E-state index in [1.165, 1.54) is 19.2 Å². The van der Waals surface area contributed by atoms with Gasteiger partial charge in [0.2, 0.25) is 5.82 Å². The van der Waals surface area contributed by atoms with Gasteiger partial charge in [-0.1, -0.05) is 56.2 Å². The summed E-state index contributed by atoms with van der Waals surface area (Å²) in [7, 11) is 1.30. The molecule has 0 bridgehead atoms. The minimum absolute atomic E-state index is 0.119. The van der Waals surface area contributed by atoms with Gasteiger partial charge in [0.1, 0.15) is 5.82 Å². The van der Waals surface area contributed by atoms with Crippen LogP contribution in [0.5, 0.6) is 5.75 Å². The molecule has 0 amide bonds. The Morgan fingerprint density at radius 1 is 0.733 bits per heavy atom. The van der Waals surface area contributed by atoms with E-state index < -0.39 is 11.6 Å². The maximum atomic E-state index is 14.4. The predicted molar refractivity (Wildman–Crippen MR) is 115 cm³/mol. The SMILES string of the molecule is CCCCCc1ccc(CCc2ccc(-c3ccc(OC)c(F)c3F)cc2)c(F)c1. The maximum Gasteiger partial charge on any atom is 0.201 e. The van der Waals surface area contributed by atoms with E-state index >= 15 is 0 Å². The number of hydrogen-bond donors (Lipinski definition) is 0. The average Bonchev–Trinajstić information content (AvgIpc) is 2.76. The lowest BCUT2D eigenvalue weighted by Gasteiger charge is -2.09. The molecule has 0 heterocycles. The number of rotatable bonds is 9. The van der Waals surface area contributed by atoms with Crippen LogP contribution in [0.2, 0.25) is 0 Å². The van der Waals surface area contributed by atoms with Gasteiger partial charge in [0.05, 0.1) is 7.11 Å². The zero-order valence-corrected chi connectivity index (χ0v) is 17.5. The van der Waals surface area contributed by atoms with Crippen molar-refractivity contribution in [1.82, 2.24) is 0 Å². The lowest BCUT2D eigenvalue weighted by atomic mass is 9.98. The number of aryl methyl sites for hydroxylation is 3. The Bertz CT molecular complexity index is 980. The third-order valence-electron chi connectivity index (χ3n) is 5.40. The molecule has 4 heteroatoms. The first-order chi connectivity index (χ1) is 14.5. The molecule has 0 atom stereocenters. The van der Waals surface area contributed by atoms with E-state index in [0.717, 1.165) is 36.8 Å². The second kappa shape index (κ2) is 10.3. The number of halogens is 3. The van der Waals surface area contributed by atoms with Crippen molar-refractivity contribution in [1.29, 1.82) is 0 Å². The summed E-state index contributed by atoms with van der Waals surface area (Å²) in [5, 5.41) is 0. The number of unbranched alkanes of at least 4 members (excludes halogenated alkanes) is 2. The van der Waals surface area contributed by atoms with Gasteiger partial charge in [-0.25, -0.2) is 8.78 Å². The van der Waals surface area contributed by atoms with Crippen LogP contribution in [0.4, 0.5) is 13.2 Å². The van der Waals surface area contributed by atoms with Crippen molar-refractivity contribution in [2.24, 2.45) is 0 Å². The van der Waals surface area contributed by atoms with Gasteiger partial charge in [0.25, 0.3) is 0 Å². The summed E-state index contributed by atoms with van der Waals surface area (Å²) >= 11 is 0. The van der Waals surface area contributed by atoms with Crippen molar-refractivity contribution in [3.05, 3.63) is 88.7 Å². The molecule has 3 aromatic carbocycles. The smallest absolute Gasteiger partial charge is 0.201 e. The fourth-order valence-electron chi connectivity index (χ4n) is 3.57. The second-order valence-corrected chi connectivity index (χ2v) is 7.52. The van der Waals surface area contributed by atoms with Crippen molar-refractivity contribution in [2.75, 3.05) is 7.11 Å². The zero-order chi connectivity index (χ0) is 21.5. The molecule has 0 aliphatic rings. The van der Waals surface area contributed by atoms with Crippen LogP contribution in [0.15, 0.2) is 54.6 Å². The molecule has 3 rings (SSSR count). The summed E-state index contributed by atoms with van der Waals surface area (Å²) in [6, 6.07) is 15.7. The Kier molecular flexibility index (Phi) is 7.56. The largest absolute Gasteiger partial charge is 0.494 e. The highest BCUT2D eigenvalue weighted by atomic mass is 19.2. The van der Waals surface area contributed by atoms with E-state index in [1.807, 2.05) is 24.3 Å². The molecule has 0 saturated carbocycles. The van der Waals surface area contributed by atoms with Crippen LogP contribution in [-0.4, -0.2) is 7.11 Å². The highest BCUT2D eigenvalue weighted by Crippen LogP contribution is 2.30. The van der Waals surface area contributed by atoms with Gasteiger partial charge in [0.15, 0.2) is 11.6 Å². The highest BCUT2D eigenvalue weighted by Gasteiger charge is 2.15. The third kappa shape index (κ3) is 5.24. The van der Waals surface area contributed by atoms with Crippen LogP contribution < -0.4 is 4.74 Å². The Balaban J connectivity index is 1.65. The van der Waals surface area contributed by atoms with Gasteiger partial charge in [-0.05, 0) is 66.1 Å². The number of ether oxygens (including phenoxy) is 1. The second-order valence-electron chi connectivity index (χ2n) is 7.52. The molecule has 0 radical (unpaired) electrons. The van der Waals surface area contributed by atoms with Crippen molar-refractivity contribution in [3.8, 4) is 16.9 Å².